The van der Waals surface area contributed by atoms with Gasteiger partial charge in [-0.1, -0.05) is 24.3 Å². The predicted molar refractivity (Wildman–Crippen MR) is 59.7 cm³/mol. The van der Waals surface area contributed by atoms with Gasteiger partial charge in [-0.3, -0.25) is 4.98 Å². The van der Waals surface area contributed by atoms with Crippen LogP contribution in [0.3, 0.4) is 0 Å². The van der Waals surface area contributed by atoms with Crippen molar-refractivity contribution in [2.75, 3.05) is 0 Å². The second-order valence-electron chi connectivity index (χ2n) is 3.43. The van der Waals surface area contributed by atoms with Gasteiger partial charge in [0.05, 0.1) is 0 Å². The summed E-state index contributed by atoms with van der Waals surface area (Å²) in [6.45, 7) is 2.15. The van der Waals surface area contributed by atoms with Crippen molar-refractivity contribution in [3.05, 3.63) is 59.5 Å². The summed E-state index contributed by atoms with van der Waals surface area (Å²) in [5.41, 5.74) is 3.95. The monoisotopic (exact) mass is 183 g/mol. The Labute approximate surface area is 84.5 Å². The van der Waals surface area contributed by atoms with Crippen LogP contribution in [0.15, 0.2) is 53.9 Å². The molecule has 1 heterocycles. The molecule has 0 spiro atoms. The predicted octanol–water partition coefficient (Wildman–Crippen LogP) is 3.37. The first-order valence-corrected chi connectivity index (χ1v) is 4.80. The van der Waals surface area contributed by atoms with Gasteiger partial charge in [-0.05, 0) is 42.2 Å². The van der Waals surface area contributed by atoms with Crippen molar-refractivity contribution in [1.29, 1.82) is 0 Å². The lowest BCUT2D eigenvalue weighted by Gasteiger charge is -2.01. The molecule has 1 aromatic heterocycles. The van der Waals surface area contributed by atoms with Crippen molar-refractivity contribution in [2.24, 2.45) is 0 Å². The third-order valence-electron chi connectivity index (χ3n) is 2.37. The molecule has 70 valence electrons. The van der Waals surface area contributed by atoms with Crippen LogP contribution in [-0.2, 0) is 0 Å². The van der Waals surface area contributed by atoms with Crippen molar-refractivity contribution >= 4 is 6.08 Å². The Morgan fingerprint density at radius 2 is 2.14 bits per heavy atom. The normalized spacial score (nSPS) is 15.8. The summed E-state index contributed by atoms with van der Waals surface area (Å²) in [6, 6.07) is 4.04. The second-order valence-corrected chi connectivity index (χ2v) is 3.43. The van der Waals surface area contributed by atoms with Crippen LogP contribution in [0, 0.1) is 0 Å². The summed E-state index contributed by atoms with van der Waals surface area (Å²) in [6.07, 6.45) is 13.4. The van der Waals surface area contributed by atoms with Crippen molar-refractivity contribution in [3.8, 4) is 0 Å². The van der Waals surface area contributed by atoms with E-state index < -0.39 is 0 Å². The second kappa shape index (κ2) is 4.05. The number of rotatable bonds is 2. The van der Waals surface area contributed by atoms with Crippen LogP contribution in [0.25, 0.3) is 6.08 Å². The van der Waals surface area contributed by atoms with E-state index >= 15 is 0 Å². The van der Waals surface area contributed by atoms with E-state index in [1.165, 1.54) is 16.7 Å². The summed E-state index contributed by atoms with van der Waals surface area (Å²) in [7, 11) is 0. The van der Waals surface area contributed by atoms with E-state index in [1.807, 2.05) is 24.5 Å². The zero-order chi connectivity index (χ0) is 9.80. The molecule has 0 radical (unpaired) electrons. The molecule has 0 amide bonds. The van der Waals surface area contributed by atoms with Gasteiger partial charge in [-0.15, -0.1) is 0 Å². The largest absolute Gasteiger partial charge is 0.265 e. The highest BCUT2D eigenvalue weighted by molar-refractivity contribution is 5.58. The van der Waals surface area contributed by atoms with Crippen LogP contribution < -0.4 is 0 Å². The van der Waals surface area contributed by atoms with Crippen molar-refractivity contribution in [1.82, 2.24) is 4.98 Å². The first-order chi connectivity index (χ1) is 6.86. The van der Waals surface area contributed by atoms with Crippen LogP contribution in [0.4, 0.5) is 0 Å². The minimum atomic E-state index is 1.06. The average molecular weight is 183 g/mol. The molecule has 0 fully saturated rings. The molecule has 1 heteroatoms. The fourth-order valence-corrected chi connectivity index (χ4v) is 1.54. The fraction of sp³-hybridized carbons (Fsp3) is 0.154. The van der Waals surface area contributed by atoms with Gasteiger partial charge in [0.15, 0.2) is 0 Å². The Kier molecular flexibility index (Phi) is 2.59. The van der Waals surface area contributed by atoms with Gasteiger partial charge in [0.25, 0.3) is 0 Å². The van der Waals surface area contributed by atoms with Crippen LogP contribution in [0.5, 0.6) is 0 Å². The average Bonchev–Trinajstić information content (AvgIpc) is 2.72. The number of allylic oxidation sites excluding steroid dienone is 5. The van der Waals surface area contributed by atoms with Crippen LogP contribution in [0.2, 0.25) is 0 Å². The maximum Gasteiger partial charge on any atom is 0.0273 e. The first kappa shape index (κ1) is 8.95. The molecule has 1 aromatic rings. The van der Waals surface area contributed by atoms with Gasteiger partial charge >= 0.3 is 0 Å². The summed E-state index contributed by atoms with van der Waals surface area (Å²) < 4.78 is 0. The van der Waals surface area contributed by atoms with E-state index in [4.69, 9.17) is 0 Å². The topological polar surface area (TPSA) is 12.9 Å². The van der Waals surface area contributed by atoms with Gasteiger partial charge in [0.1, 0.15) is 0 Å². The number of aromatic nitrogens is 1. The molecule has 1 nitrogen and oxygen atoms in total. The smallest absolute Gasteiger partial charge is 0.0273 e. The molecule has 0 bridgehead atoms. The van der Waals surface area contributed by atoms with Crippen molar-refractivity contribution in [2.45, 2.75) is 13.3 Å². The van der Waals surface area contributed by atoms with E-state index in [2.05, 4.69) is 36.2 Å². The van der Waals surface area contributed by atoms with Gasteiger partial charge in [-0.25, -0.2) is 0 Å². The number of pyridine rings is 1. The number of nitrogens with zero attached hydrogens (tertiary/aromatic N) is 1. The van der Waals surface area contributed by atoms with E-state index in [0.717, 1.165) is 6.42 Å². The van der Waals surface area contributed by atoms with Crippen molar-refractivity contribution < 1.29 is 0 Å². The number of hydrogen-bond donors (Lipinski definition) is 0. The van der Waals surface area contributed by atoms with E-state index in [-0.39, 0.29) is 0 Å². The molecule has 0 atom stereocenters. The molecule has 0 unspecified atom stereocenters. The lowest BCUT2D eigenvalue weighted by atomic mass is 10.0. The molecule has 1 aliphatic carbocycles. The van der Waals surface area contributed by atoms with E-state index in [1.54, 1.807) is 0 Å². The number of hydrogen-bond acceptors (Lipinski definition) is 1. The Morgan fingerprint density at radius 1 is 1.36 bits per heavy atom. The fourth-order valence-electron chi connectivity index (χ4n) is 1.54. The van der Waals surface area contributed by atoms with Crippen molar-refractivity contribution in [3.63, 3.8) is 0 Å². The highest BCUT2D eigenvalue weighted by Crippen LogP contribution is 2.21. The molecule has 14 heavy (non-hydrogen) atoms. The SMILES string of the molecule is C/C(=C/c1ccncc1)C1=CC=CC1. The summed E-state index contributed by atoms with van der Waals surface area (Å²) >= 11 is 0. The lowest BCUT2D eigenvalue weighted by molar-refractivity contribution is 1.25. The van der Waals surface area contributed by atoms with E-state index in [9.17, 15) is 0 Å². The Bertz CT molecular complexity index is 397. The van der Waals surface area contributed by atoms with Gasteiger partial charge < -0.3 is 0 Å². The third kappa shape index (κ3) is 1.99. The summed E-state index contributed by atoms with van der Waals surface area (Å²) in [4.78, 5) is 3.99. The zero-order valence-electron chi connectivity index (χ0n) is 8.27. The standard InChI is InChI=1S/C13H13N/c1-11(13-4-2-3-5-13)10-12-6-8-14-9-7-12/h2-4,6-10H,5H2,1H3/b11-10-. The van der Waals surface area contributed by atoms with Crippen LogP contribution in [-0.4, -0.2) is 4.98 Å². The van der Waals surface area contributed by atoms with E-state index in [0.29, 0.717) is 0 Å². The van der Waals surface area contributed by atoms with Gasteiger partial charge in [-0.2, -0.15) is 0 Å². The Morgan fingerprint density at radius 3 is 2.79 bits per heavy atom. The van der Waals surface area contributed by atoms with Gasteiger partial charge in [0.2, 0.25) is 0 Å². The minimum absolute atomic E-state index is 1.06. The molecular formula is C13H13N. The molecule has 0 saturated carbocycles. The van der Waals surface area contributed by atoms with Gasteiger partial charge in [0, 0.05) is 12.4 Å². The van der Waals surface area contributed by atoms with Crippen LogP contribution in [0.1, 0.15) is 18.9 Å². The quantitative estimate of drug-likeness (QED) is 0.685. The molecule has 1 aliphatic rings. The summed E-state index contributed by atoms with van der Waals surface area (Å²) in [5, 5.41) is 0. The first-order valence-electron chi connectivity index (χ1n) is 4.80. The lowest BCUT2D eigenvalue weighted by Crippen LogP contribution is -1.81. The maximum atomic E-state index is 3.99. The van der Waals surface area contributed by atoms with Crippen LogP contribution >= 0.6 is 0 Å². The zero-order valence-corrected chi connectivity index (χ0v) is 8.27. The molecular weight excluding hydrogens is 170 g/mol. The minimum Gasteiger partial charge on any atom is -0.265 e. The highest BCUT2D eigenvalue weighted by atomic mass is 14.6. The molecule has 0 saturated heterocycles. The third-order valence-corrected chi connectivity index (χ3v) is 2.37. The highest BCUT2D eigenvalue weighted by Gasteiger charge is 2.00. The molecule has 0 N–H and O–H groups in total. The maximum absolute atomic E-state index is 3.99. The summed E-state index contributed by atoms with van der Waals surface area (Å²) in [5.74, 6) is 0. The Balaban J connectivity index is 2.19. The molecule has 2 rings (SSSR count). The molecule has 0 aromatic carbocycles. The Hall–Kier alpha value is -1.63. The molecule has 0 aliphatic heterocycles.